The summed E-state index contributed by atoms with van der Waals surface area (Å²) in [4.78, 5) is 24.4. The van der Waals surface area contributed by atoms with Gasteiger partial charge in [0, 0.05) is 13.1 Å². The van der Waals surface area contributed by atoms with E-state index in [1.807, 2.05) is 6.07 Å². The molecule has 0 aromatic heterocycles. The van der Waals surface area contributed by atoms with Crippen LogP contribution in [0.2, 0.25) is 0 Å². The Morgan fingerprint density at radius 2 is 1.55 bits per heavy atom. The third-order valence-corrected chi connectivity index (χ3v) is 2.52. The highest BCUT2D eigenvalue weighted by atomic mass is 16.6. The Labute approximate surface area is 130 Å². The van der Waals surface area contributed by atoms with Crippen LogP contribution in [0, 0.1) is 11.3 Å². The predicted molar refractivity (Wildman–Crippen MR) is 80.6 cm³/mol. The van der Waals surface area contributed by atoms with Crippen molar-refractivity contribution in [2.45, 2.75) is 26.3 Å². The maximum Gasteiger partial charge on any atom is 0.408 e. The van der Waals surface area contributed by atoms with E-state index in [0.717, 1.165) is 0 Å². The molecule has 8 heteroatoms. The molecule has 0 aromatic rings. The zero-order chi connectivity index (χ0) is 17.0. The number of carbonyl (C=O) groups excluding carboxylic acids is 2. The van der Waals surface area contributed by atoms with Crippen molar-refractivity contribution in [1.29, 1.82) is 5.26 Å². The maximum absolute atomic E-state index is 11.5. The van der Waals surface area contributed by atoms with Crippen molar-refractivity contribution in [3.8, 4) is 6.07 Å². The molecule has 8 nitrogen and oxygen atoms in total. The summed E-state index contributed by atoms with van der Waals surface area (Å²) < 4.78 is 10.2. The van der Waals surface area contributed by atoms with Gasteiger partial charge in [0.25, 0.3) is 0 Å². The van der Waals surface area contributed by atoms with Gasteiger partial charge in [-0.25, -0.2) is 14.5 Å². The van der Waals surface area contributed by atoms with Crippen molar-refractivity contribution >= 4 is 12.2 Å². The van der Waals surface area contributed by atoms with Gasteiger partial charge in [-0.2, -0.15) is 5.26 Å². The van der Waals surface area contributed by atoms with Crippen LogP contribution in [0.5, 0.6) is 0 Å². The summed E-state index contributed by atoms with van der Waals surface area (Å²) >= 11 is 0. The minimum Gasteiger partial charge on any atom is -0.430 e. The van der Waals surface area contributed by atoms with Gasteiger partial charge >= 0.3 is 12.2 Å². The minimum atomic E-state index is -0.758. The van der Waals surface area contributed by atoms with Crippen molar-refractivity contribution in [3.05, 3.63) is 25.3 Å². The molecule has 2 N–H and O–H groups in total. The van der Waals surface area contributed by atoms with Crippen LogP contribution in [0.25, 0.3) is 0 Å². The molecule has 0 aliphatic rings. The van der Waals surface area contributed by atoms with E-state index in [9.17, 15) is 9.59 Å². The minimum absolute atomic E-state index is 0.0776. The summed E-state index contributed by atoms with van der Waals surface area (Å²) in [5, 5.41) is 13.8. The molecule has 2 atom stereocenters. The van der Waals surface area contributed by atoms with E-state index >= 15 is 0 Å². The smallest absolute Gasteiger partial charge is 0.408 e. The molecule has 2 unspecified atom stereocenters. The normalized spacial score (nSPS) is 12.5. The van der Waals surface area contributed by atoms with Gasteiger partial charge in [-0.15, -0.1) is 13.2 Å². The van der Waals surface area contributed by atoms with E-state index in [1.54, 1.807) is 13.8 Å². The van der Waals surface area contributed by atoms with E-state index in [2.05, 4.69) is 23.8 Å². The van der Waals surface area contributed by atoms with Gasteiger partial charge in [0.2, 0.25) is 0 Å². The van der Waals surface area contributed by atoms with Gasteiger partial charge in [0.1, 0.15) is 0 Å². The molecule has 0 rings (SSSR count). The van der Waals surface area contributed by atoms with Gasteiger partial charge in [0.05, 0.1) is 12.6 Å². The lowest BCUT2D eigenvalue weighted by molar-refractivity contribution is -0.0842. The molecule has 2 amide bonds. The molecule has 0 saturated heterocycles. The summed E-state index contributed by atoms with van der Waals surface area (Å²) in [7, 11) is 0. The lowest BCUT2D eigenvalue weighted by Gasteiger charge is -2.31. The zero-order valence-electron chi connectivity index (χ0n) is 12.9. The average Bonchev–Trinajstić information content (AvgIpc) is 2.48. The van der Waals surface area contributed by atoms with Crippen LogP contribution in [0.3, 0.4) is 0 Å². The molecule has 122 valence electrons. The van der Waals surface area contributed by atoms with Gasteiger partial charge in [-0.1, -0.05) is 12.2 Å². The molecule has 0 aliphatic heterocycles. The first-order chi connectivity index (χ1) is 10.5. The molecule has 22 heavy (non-hydrogen) atoms. The Bertz CT molecular complexity index is 401. The fraction of sp³-hybridized carbons (Fsp3) is 0.500. The molecule has 0 saturated carbocycles. The number of hydrogen-bond acceptors (Lipinski definition) is 6. The molecule has 0 aliphatic carbocycles. The van der Waals surface area contributed by atoms with Crippen LogP contribution < -0.4 is 10.6 Å². The largest absolute Gasteiger partial charge is 0.430 e. The maximum atomic E-state index is 11.5. The second-order valence-electron chi connectivity index (χ2n) is 4.18. The van der Waals surface area contributed by atoms with Crippen LogP contribution in [-0.4, -0.2) is 49.2 Å². The number of alkyl carbamates (subject to hydrolysis) is 2. The second-order valence-corrected chi connectivity index (χ2v) is 4.18. The fourth-order valence-electron chi connectivity index (χ4n) is 1.47. The quantitative estimate of drug-likeness (QED) is 0.378. The molecular weight excluding hydrogens is 288 g/mol. The number of ether oxygens (including phenoxy) is 2. The first-order valence-corrected chi connectivity index (χ1v) is 6.69. The van der Waals surface area contributed by atoms with E-state index < -0.39 is 24.6 Å². The first-order valence-electron chi connectivity index (χ1n) is 6.69. The SMILES string of the molecule is C=CCNC(=O)OC(C)N(CC#N)C(C)OC(=O)NCC=C. The molecular formula is C14H22N4O4. The topological polar surface area (TPSA) is 104 Å². The molecule has 0 heterocycles. The van der Waals surface area contributed by atoms with Gasteiger partial charge in [-0.3, -0.25) is 0 Å². The number of nitriles is 1. The predicted octanol–water partition coefficient (Wildman–Crippen LogP) is 1.33. The van der Waals surface area contributed by atoms with Crippen molar-refractivity contribution in [3.63, 3.8) is 0 Å². The van der Waals surface area contributed by atoms with Crippen LogP contribution in [0.15, 0.2) is 25.3 Å². The zero-order valence-corrected chi connectivity index (χ0v) is 12.9. The molecule has 0 radical (unpaired) electrons. The van der Waals surface area contributed by atoms with Crippen LogP contribution >= 0.6 is 0 Å². The lowest BCUT2D eigenvalue weighted by atomic mass is 10.4. The fourth-order valence-corrected chi connectivity index (χ4v) is 1.47. The van der Waals surface area contributed by atoms with Gasteiger partial charge < -0.3 is 20.1 Å². The van der Waals surface area contributed by atoms with Gasteiger partial charge in [0.15, 0.2) is 12.5 Å². The van der Waals surface area contributed by atoms with Gasteiger partial charge in [-0.05, 0) is 13.8 Å². The summed E-state index contributed by atoms with van der Waals surface area (Å²) in [5.74, 6) is 0. The standard InChI is InChI=1S/C14H22N4O4/c1-5-8-16-13(19)21-11(3)18(10-7-15)12(4)22-14(20)17-9-6-2/h5-6,11-12H,1-2,8-10H2,3-4H3,(H,16,19)(H,17,20). The Morgan fingerprint density at radius 3 is 1.86 bits per heavy atom. The van der Waals surface area contributed by atoms with Crippen molar-refractivity contribution in [1.82, 2.24) is 15.5 Å². The summed E-state index contributed by atoms with van der Waals surface area (Å²) in [6.07, 6.45) is 0.194. The molecule has 0 fully saturated rings. The molecule has 0 bridgehead atoms. The van der Waals surface area contributed by atoms with Crippen LogP contribution in [0.1, 0.15) is 13.8 Å². The summed E-state index contributed by atoms with van der Waals surface area (Å²) in [6.45, 7) is 10.5. The highest BCUT2D eigenvalue weighted by Crippen LogP contribution is 2.08. The number of hydrogen-bond donors (Lipinski definition) is 2. The van der Waals surface area contributed by atoms with Crippen molar-refractivity contribution < 1.29 is 19.1 Å². The second kappa shape index (κ2) is 11.2. The van der Waals surface area contributed by atoms with E-state index in [1.165, 1.54) is 17.1 Å². The van der Waals surface area contributed by atoms with Crippen LogP contribution in [0.4, 0.5) is 9.59 Å². The Hall–Kier alpha value is -2.53. The number of nitrogens with zero attached hydrogens (tertiary/aromatic N) is 2. The number of nitrogens with one attached hydrogen (secondary N) is 2. The Balaban J connectivity index is 4.57. The average molecular weight is 310 g/mol. The molecule has 0 spiro atoms. The Kier molecular flexibility index (Phi) is 9.88. The highest BCUT2D eigenvalue weighted by Gasteiger charge is 2.25. The van der Waals surface area contributed by atoms with E-state index in [-0.39, 0.29) is 19.6 Å². The van der Waals surface area contributed by atoms with E-state index in [0.29, 0.717) is 0 Å². The van der Waals surface area contributed by atoms with Crippen molar-refractivity contribution in [2.75, 3.05) is 19.6 Å². The number of rotatable bonds is 9. The summed E-state index contributed by atoms with van der Waals surface area (Å²) in [6, 6.07) is 1.93. The van der Waals surface area contributed by atoms with E-state index in [4.69, 9.17) is 14.7 Å². The number of carbonyl (C=O) groups is 2. The molecule has 0 aromatic carbocycles. The number of amides is 2. The first kappa shape index (κ1) is 19.5. The van der Waals surface area contributed by atoms with Crippen LogP contribution in [-0.2, 0) is 9.47 Å². The highest BCUT2D eigenvalue weighted by molar-refractivity contribution is 5.68. The Morgan fingerprint density at radius 1 is 1.14 bits per heavy atom. The van der Waals surface area contributed by atoms with Crippen molar-refractivity contribution in [2.24, 2.45) is 0 Å². The monoisotopic (exact) mass is 310 g/mol. The summed E-state index contributed by atoms with van der Waals surface area (Å²) in [5.41, 5.74) is 0. The third-order valence-electron chi connectivity index (χ3n) is 2.52. The third kappa shape index (κ3) is 7.91. The lowest BCUT2D eigenvalue weighted by Crippen LogP contribution is -2.47.